The molecule has 0 radical (unpaired) electrons. The number of carbonyl (C=O) groups excluding carboxylic acids is 1. The minimum Gasteiger partial charge on any atom is -0.444 e. The third-order valence-electron chi connectivity index (χ3n) is 2.30. The van der Waals surface area contributed by atoms with Crippen LogP contribution in [0.25, 0.3) is 0 Å². The van der Waals surface area contributed by atoms with Crippen LogP contribution in [0.15, 0.2) is 18.2 Å². The molecule has 1 aromatic carbocycles. The van der Waals surface area contributed by atoms with Crippen LogP contribution in [0.5, 0.6) is 0 Å². The van der Waals surface area contributed by atoms with E-state index in [1.165, 1.54) is 0 Å². The van der Waals surface area contributed by atoms with Gasteiger partial charge < -0.3 is 10.1 Å². The van der Waals surface area contributed by atoms with E-state index in [2.05, 4.69) is 23.2 Å². The number of aryl methyl sites for hydroxylation is 1. The molecule has 0 aliphatic heterocycles. The van der Waals surface area contributed by atoms with Crippen LogP contribution in [0.4, 0.5) is 4.79 Å². The molecule has 20 heavy (non-hydrogen) atoms. The molecule has 1 N–H and O–H groups in total. The summed E-state index contributed by atoms with van der Waals surface area (Å²) in [5.41, 5.74) is 1.88. The zero-order chi connectivity index (χ0) is 15.2. The van der Waals surface area contributed by atoms with Gasteiger partial charge in [0, 0.05) is 5.56 Å². The molecule has 0 saturated carbocycles. The second-order valence-electron chi connectivity index (χ2n) is 5.30. The van der Waals surface area contributed by atoms with Gasteiger partial charge in [0.1, 0.15) is 5.60 Å². The molecule has 0 aliphatic rings. The van der Waals surface area contributed by atoms with Crippen LogP contribution in [0.1, 0.15) is 37.5 Å². The molecule has 1 amide bonds. The lowest BCUT2D eigenvalue weighted by atomic mass is 10.1. The number of hydrogen-bond acceptors (Lipinski definition) is 3. The predicted molar refractivity (Wildman–Crippen MR) is 77.0 cm³/mol. The summed E-state index contributed by atoms with van der Waals surface area (Å²) in [7, 11) is 0. The Labute approximate surface area is 119 Å². The Kier molecular flexibility index (Phi) is 5.17. The number of nitrogens with one attached hydrogen (secondary N) is 1. The highest BCUT2D eigenvalue weighted by atomic mass is 16.6. The van der Waals surface area contributed by atoms with Gasteiger partial charge in [-0.05, 0) is 51.5 Å². The van der Waals surface area contributed by atoms with Crippen LogP contribution >= 0.6 is 0 Å². The molecule has 0 bridgehead atoms. The van der Waals surface area contributed by atoms with Crippen LogP contribution in [0, 0.1) is 30.1 Å². The number of carbonyl (C=O) groups is 1. The first-order chi connectivity index (χ1) is 9.31. The number of nitriles is 1. The molecular weight excluding hydrogens is 252 g/mol. The van der Waals surface area contributed by atoms with E-state index in [0.717, 1.165) is 11.1 Å². The SMILES string of the molecule is Cc1cc(C#N)ccc1C#CCNC(=O)OC(C)(C)C. The summed E-state index contributed by atoms with van der Waals surface area (Å²) in [4.78, 5) is 11.4. The van der Waals surface area contributed by atoms with E-state index in [-0.39, 0.29) is 6.54 Å². The molecule has 0 saturated heterocycles. The number of benzene rings is 1. The molecule has 0 spiro atoms. The van der Waals surface area contributed by atoms with E-state index in [0.29, 0.717) is 5.56 Å². The van der Waals surface area contributed by atoms with Crippen molar-refractivity contribution >= 4 is 6.09 Å². The van der Waals surface area contributed by atoms with Crippen molar-refractivity contribution in [2.45, 2.75) is 33.3 Å². The van der Waals surface area contributed by atoms with Crippen LogP contribution in [0.2, 0.25) is 0 Å². The number of hydrogen-bond donors (Lipinski definition) is 1. The van der Waals surface area contributed by atoms with Crippen molar-refractivity contribution in [3.63, 3.8) is 0 Å². The maximum Gasteiger partial charge on any atom is 0.408 e. The lowest BCUT2D eigenvalue weighted by Crippen LogP contribution is -2.32. The smallest absolute Gasteiger partial charge is 0.408 e. The van der Waals surface area contributed by atoms with Crippen LogP contribution in [0.3, 0.4) is 0 Å². The Bertz CT molecular complexity index is 596. The van der Waals surface area contributed by atoms with Gasteiger partial charge in [0.05, 0.1) is 18.2 Å². The summed E-state index contributed by atoms with van der Waals surface area (Å²) in [6, 6.07) is 7.38. The summed E-state index contributed by atoms with van der Waals surface area (Å²) in [5, 5.41) is 11.3. The summed E-state index contributed by atoms with van der Waals surface area (Å²) < 4.78 is 5.09. The Hall–Kier alpha value is -2.46. The van der Waals surface area contributed by atoms with Gasteiger partial charge in [-0.15, -0.1) is 0 Å². The van der Waals surface area contributed by atoms with Crippen LogP contribution in [-0.4, -0.2) is 18.2 Å². The largest absolute Gasteiger partial charge is 0.444 e. The van der Waals surface area contributed by atoms with Crippen molar-refractivity contribution in [1.29, 1.82) is 5.26 Å². The van der Waals surface area contributed by atoms with Crippen LogP contribution in [-0.2, 0) is 4.74 Å². The fraction of sp³-hybridized carbons (Fsp3) is 0.375. The second-order valence-corrected chi connectivity index (χ2v) is 5.30. The molecule has 4 heteroatoms. The van der Waals surface area contributed by atoms with Gasteiger partial charge in [-0.2, -0.15) is 5.26 Å². The zero-order valence-corrected chi connectivity index (χ0v) is 12.2. The average molecular weight is 270 g/mol. The molecule has 0 fully saturated rings. The van der Waals surface area contributed by atoms with E-state index < -0.39 is 11.7 Å². The van der Waals surface area contributed by atoms with Gasteiger partial charge in [0.2, 0.25) is 0 Å². The molecular formula is C16H18N2O2. The van der Waals surface area contributed by atoms with E-state index in [1.54, 1.807) is 39.0 Å². The predicted octanol–water partition coefficient (Wildman–Crippen LogP) is 2.74. The molecule has 1 aromatic rings. The third kappa shape index (κ3) is 5.46. The molecule has 1 rings (SSSR count). The summed E-state index contributed by atoms with van der Waals surface area (Å²) in [6.07, 6.45) is -0.483. The number of nitrogens with zero attached hydrogens (tertiary/aromatic N) is 1. The monoisotopic (exact) mass is 270 g/mol. The van der Waals surface area contributed by atoms with Crippen molar-refractivity contribution in [3.8, 4) is 17.9 Å². The normalized spacial score (nSPS) is 9.95. The van der Waals surface area contributed by atoms with E-state index in [4.69, 9.17) is 10.00 Å². The first-order valence-electron chi connectivity index (χ1n) is 6.28. The standard InChI is InChI=1S/C16H18N2O2/c1-12-10-13(11-17)7-8-14(12)6-5-9-18-15(19)20-16(2,3)4/h7-8,10H,9H2,1-4H3,(H,18,19). The maximum absolute atomic E-state index is 11.4. The van der Waals surface area contributed by atoms with Crippen LogP contribution < -0.4 is 5.32 Å². The second kappa shape index (κ2) is 6.63. The fourth-order valence-electron chi connectivity index (χ4n) is 1.44. The lowest BCUT2D eigenvalue weighted by molar-refractivity contribution is 0.0535. The Morgan fingerprint density at radius 2 is 2.10 bits per heavy atom. The Morgan fingerprint density at radius 3 is 2.65 bits per heavy atom. The number of ether oxygens (including phenoxy) is 1. The quantitative estimate of drug-likeness (QED) is 0.798. The number of rotatable bonds is 1. The summed E-state index contributed by atoms with van der Waals surface area (Å²) in [5.74, 6) is 5.80. The van der Waals surface area contributed by atoms with Crippen molar-refractivity contribution in [2.75, 3.05) is 6.54 Å². The summed E-state index contributed by atoms with van der Waals surface area (Å²) in [6.45, 7) is 7.52. The highest BCUT2D eigenvalue weighted by molar-refractivity contribution is 5.68. The molecule has 0 aliphatic carbocycles. The van der Waals surface area contributed by atoms with E-state index in [1.807, 2.05) is 6.92 Å². The number of alkyl carbamates (subject to hydrolysis) is 1. The van der Waals surface area contributed by atoms with Gasteiger partial charge in [0.25, 0.3) is 0 Å². The van der Waals surface area contributed by atoms with Gasteiger partial charge in [0.15, 0.2) is 0 Å². The first kappa shape index (κ1) is 15.6. The van der Waals surface area contributed by atoms with Crippen molar-refractivity contribution < 1.29 is 9.53 Å². The van der Waals surface area contributed by atoms with Crippen molar-refractivity contribution in [2.24, 2.45) is 0 Å². The van der Waals surface area contributed by atoms with Crippen molar-refractivity contribution in [1.82, 2.24) is 5.32 Å². The lowest BCUT2D eigenvalue weighted by Gasteiger charge is -2.19. The zero-order valence-electron chi connectivity index (χ0n) is 12.2. The maximum atomic E-state index is 11.4. The average Bonchev–Trinajstić information content (AvgIpc) is 2.33. The molecule has 0 atom stereocenters. The minimum atomic E-state index is -0.513. The highest BCUT2D eigenvalue weighted by Crippen LogP contribution is 2.09. The van der Waals surface area contributed by atoms with Gasteiger partial charge in [-0.3, -0.25) is 0 Å². The first-order valence-corrected chi connectivity index (χ1v) is 6.28. The topological polar surface area (TPSA) is 62.1 Å². The van der Waals surface area contributed by atoms with E-state index in [9.17, 15) is 4.79 Å². The third-order valence-corrected chi connectivity index (χ3v) is 2.30. The molecule has 4 nitrogen and oxygen atoms in total. The molecule has 104 valence electrons. The Balaban J connectivity index is 2.56. The minimum absolute atomic E-state index is 0.217. The number of amides is 1. The molecule has 0 heterocycles. The Morgan fingerprint density at radius 1 is 1.40 bits per heavy atom. The molecule has 0 aromatic heterocycles. The molecule has 0 unspecified atom stereocenters. The fourth-order valence-corrected chi connectivity index (χ4v) is 1.44. The summed E-state index contributed by atoms with van der Waals surface area (Å²) >= 11 is 0. The highest BCUT2D eigenvalue weighted by Gasteiger charge is 2.14. The van der Waals surface area contributed by atoms with E-state index >= 15 is 0 Å². The van der Waals surface area contributed by atoms with Crippen molar-refractivity contribution in [3.05, 3.63) is 34.9 Å². The van der Waals surface area contributed by atoms with Gasteiger partial charge in [-0.25, -0.2) is 4.79 Å². The van der Waals surface area contributed by atoms with Gasteiger partial charge >= 0.3 is 6.09 Å². The van der Waals surface area contributed by atoms with Gasteiger partial charge in [-0.1, -0.05) is 11.8 Å².